The highest BCUT2D eigenvalue weighted by molar-refractivity contribution is 5.34. The number of benzene rings is 1. The van der Waals surface area contributed by atoms with E-state index in [0.717, 1.165) is 0 Å². The van der Waals surface area contributed by atoms with E-state index >= 15 is 0 Å². The normalized spacial score (nSPS) is 28.9. The minimum absolute atomic E-state index is 0.0252. The van der Waals surface area contributed by atoms with Gasteiger partial charge in [-0.25, -0.2) is 0 Å². The Balaban J connectivity index is 2.17. The molecule has 92 valence electrons. The molecule has 0 aliphatic carbocycles. The molecule has 17 heavy (non-hydrogen) atoms. The van der Waals surface area contributed by atoms with Crippen LogP contribution in [0, 0.1) is 10.1 Å². The first kappa shape index (κ1) is 12.0. The molecule has 6 heteroatoms. The van der Waals surface area contributed by atoms with Crippen LogP contribution in [-0.2, 0) is 9.47 Å². The number of nitrogens with zero attached hydrogens (tertiary/aromatic N) is 1. The van der Waals surface area contributed by atoms with Crippen molar-refractivity contribution in [3.8, 4) is 0 Å². The van der Waals surface area contributed by atoms with Gasteiger partial charge in [0.05, 0.1) is 23.7 Å². The molecule has 2 rings (SSSR count). The van der Waals surface area contributed by atoms with Gasteiger partial charge in [0.1, 0.15) is 0 Å². The van der Waals surface area contributed by atoms with E-state index in [0.29, 0.717) is 12.2 Å². The Bertz CT molecular complexity index is 424. The van der Waals surface area contributed by atoms with Gasteiger partial charge in [0.25, 0.3) is 5.69 Å². The second kappa shape index (κ2) is 4.79. The van der Waals surface area contributed by atoms with Gasteiger partial charge in [-0.1, -0.05) is 12.1 Å². The zero-order valence-corrected chi connectivity index (χ0v) is 9.41. The van der Waals surface area contributed by atoms with Crippen molar-refractivity contribution >= 4 is 5.69 Å². The van der Waals surface area contributed by atoms with Crippen molar-refractivity contribution < 1.29 is 14.4 Å². The van der Waals surface area contributed by atoms with Gasteiger partial charge < -0.3 is 15.2 Å². The predicted molar refractivity (Wildman–Crippen MR) is 60.3 cm³/mol. The monoisotopic (exact) mass is 238 g/mol. The molecule has 1 aliphatic rings. The second-order valence-corrected chi connectivity index (χ2v) is 4.02. The van der Waals surface area contributed by atoms with E-state index in [-0.39, 0.29) is 17.8 Å². The number of ether oxygens (including phenoxy) is 2. The third-order valence-corrected chi connectivity index (χ3v) is 2.73. The third kappa shape index (κ3) is 2.60. The number of nitro benzene ring substituents is 1. The van der Waals surface area contributed by atoms with Crippen LogP contribution in [0.3, 0.4) is 0 Å². The summed E-state index contributed by atoms with van der Waals surface area (Å²) in [6.45, 7) is 2.24. The summed E-state index contributed by atoms with van der Waals surface area (Å²) in [7, 11) is 0. The van der Waals surface area contributed by atoms with Gasteiger partial charge in [-0.2, -0.15) is 0 Å². The molecule has 6 nitrogen and oxygen atoms in total. The molecule has 1 fully saturated rings. The fraction of sp³-hybridized carbons (Fsp3) is 0.455. The first-order valence-corrected chi connectivity index (χ1v) is 5.35. The zero-order valence-electron chi connectivity index (χ0n) is 9.41. The molecule has 0 saturated carbocycles. The van der Waals surface area contributed by atoms with Gasteiger partial charge in [-0.15, -0.1) is 0 Å². The Morgan fingerprint density at radius 2 is 2.29 bits per heavy atom. The molecule has 2 N–H and O–H groups in total. The van der Waals surface area contributed by atoms with Crippen molar-refractivity contribution in [3.63, 3.8) is 0 Å². The number of hydrogen-bond acceptors (Lipinski definition) is 5. The van der Waals surface area contributed by atoms with Gasteiger partial charge >= 0.3 is 0 Å². The van der Waals surface area contributed by atoms with E-state index in [1.807, 2.05) is 6.92 Å². The minimum Gasteiger partial charge on any atom is -0.347 e. The quantitative estimate of drug-likeness (QED) is 0.620. The summed E-state index contributed by atoms with van der Waals surface area (Å²) in [5.41, 5.74) is 6.40. The van der Waals surface area contributed by atoms with Crippen LogP contribution in [0.2, 0.25) is 0 Å². The molecule has 0 aromatic heterocycles. The minimum atomic E-state index is -0.579. The molecule has 0 radical (unpaired) electrons. The van der Waals surface area contributed by atoms with Crippen LogP contribution in [-0.4, -0.2) is 23.7 Å². The smallest absolute Gasteiger partial charge is 0.269 e. The van der Waals surface area contributed by atoms with Crippen molar-refractivity contribution in [1.82, 2.24) is 0 Å². The molecule has 1 aromatic rings. The van der Waals surface area contributed by atoms with Crippen LogP contribution in [0.5, 0.6) is 0 Å². The highest BCUT2D eigenvalue weighted by Gasteiger charge is 2.27. The lowest BCUT2D eigenvalue weighted by atomic mass is 10.1. The van der Waals surface area contributed by atoms with Crippen LogP contribution < -0.4 is 5.73 Å². The highest BCUT2D eigenvalue weighted by Crippen LogP contribution is 2.27. The van der Waals surface area contributed by atoms with Gasteiger partial charge in [0, 0.05) is 17.7 Å². The summed E-state index contributed by atoms with van der Waals surface area (Å²) in [5.74, 6) is 0. The molecule has 0 unspecified atom stereocenters. The molecular formula is C11H14N2O4. The van der Waals surface area contributed by atoms with Crippen molar-refractivity contribution in [3.05, 3.63) is 39.9 Å². The molecule has 1 saturated heterocycles. The summed E-state index contributed by atoms with van der Waals surface area (Å²) in [4.78, 5) is 10.2. The standard InChI is InChI=1S/C11H14N2O4/c1-7-10(12)6-16-11(17-7)8-3-2-4-9(5-8)13(14)15/h2-5,7,10-11H,6,12H2,1H3/t7-,10-,11-/m1/s1. The fourth-order valence-electron chi connectivity index (χ4n) is 1.63. The third-order valence-electron chi connectivity index (χ3n) is 2.73. The number of nitro groups is 1. The SMILES string of the molecule is C[C@H]1O[C@H](c2cccc([N+](=O)[O-])c2)OC[C@H]1N. The number of hydrogen-bond donors (Lipinski definition) is 1. The molecule has 1 heterocycles. The number of rotatable bonds is 2. The second-order valence-electron chi connectivity index (χ2n) is 4.02. The maximum absolute atomic E-state index is 10.7. The Kier molecular flexibility index (Phi) is 3.37. The first-order chi connectivity index (χ1) is 8.08. The summed E-state index contributed by atoms with van der Waals surface area (Å²) in [5, 5.41) is 10.7. The Hall–Kier alpha value is -1.50. The van der Waals surface area contributed by atoms with E-state index in [9.17, 15) is 10.1 Å². The fourth-order valence-corrected chi connectivity index (χ4v) is 1.63. The maximum atomic E-state index is 10.7. The van der Waals surface area contributed by atoms with Crippen LogP contribution in [0.25, 0.3) is 0 Å². The molecule has 0 bridgehead atoms. The molecular weight excluding hydrogens is 224 g/mol. The molecule has 1 aromatic carbocycles. The van der Waals surface area contributed by atoms with Gasteiger partial charge in [0.2, 0.25) is 0 Å². The lowest BCUT2D eigenvalue weighted by Crippen LogP contribution is -2.44. The number of non-ortho nitro benzene ring substituents is 1. The maximum Gasteiger partial charge on any atom is 0.269 e. The topological polar surface area (TPSA) is 87.6 Å². The van der Waals surface area contributed by atoms with Crippen LogP contribution in [0.1, 0.15) is 18.8 Å². The Morgan fingerprint density at radius 1 is 1.53 bits per heavy atom. The summed E-state index contributed by atoms with van der Waals surface area (Å²) >= 11 is 0. The molecule has 3 atom stereocenters. The van der Waals surface area contributed by atoms with E-state index in [1.54, 1.807) is 12.1 Å². The lowest BCUT2D eigenvalue weighted by Gasteiger charge is -2.32. The zero-order chi connectivity index (χ0) is 12.4. The van der Waals surface area contributed by atoms with E-state index in [1.165, 1.54) is 12.1 Å². The van der Waals surface area contributed by atoms with E-state index in [4.69, 9.17) is 15.2 Å². The van der Waals surface area contributed by atoms with Crippen molar-refractivity contribution in [2.75, 3.05) is 6.61 Å². The average Bonchev–Trinajstić information content (AvgIpc) is 2.33. The van der Waals surface area contributed by atoms with Crippen molar-refractivity contribution in [2.45, 2.75) is 25.4 Å². The van der Waals surface area contributed by atoms with Crippen molar-refractivity contribution in [1.29, 1.82) is 0 Å². The summed E-state index contributed by atoms with van der Waals surface area (Å²) in [6, 6.07) is 6.07. The lowest BCUT2D eigenvalue weighted by molar-refractivity contribution is -0.385. The highest BCUT2D eigenvalue weighted by atomic mass is 16.7. The first-order valence-electron chi connectivity index (χ1n) is 5.35. The molecule has 1 aliphatic heterocycles. The Morgan fingerprint density at radius 3 is 2.94 bits per heavy atom. The largest absolute Gasteiger partial charge is 0.347 e. The molecule has 0 amide bonds. The summed E-state index contributed by atoms with van der Waals surface area (Å²) in [6.07, 6.45) is -0.710. The van der Waals surface area contributed by atoms with Gasteiger partial charge in [-0.05, 0) is 6.92 Å². The summed E-state index contributed by atoms with van der Waals surface area (Å²) < 4.78 is 11.0. The van der Waals surface area contributed by atoms with Gasteiger partial charge in [0.15, 0.2) is 6.29 Å². The van der Waals surface area contributed by atoms with Crippen LogP contribution >= 0.6 is 0 Å². The van der Waals surface area contributed by atoms with Crippen LogP contribution in [0.15, 0.2) is 24.3 Å². The Labute approximate surface area is 98.5 Å². The number of nitrogens with two attached hydrogens (primary N) is 1. The van der Waals surface area contributed by atoms with Crippen molar-refractivity contribution in [2.24, 2.45) is 5.73 Å². The van der Waals surface area contributed by atoms with Gasteiger partial charge in [-0.3, -0.25) is 10.1 Å². The predicted octanol–water partition coefficient (Wildman–Crippen LogP) is 1.36. The molecule has 0 spiro atoms. The van der Waals surface area contributed by atoms with Crippen LogP contribution in [0.4, 0.5) is 5.69 Å². The average molecular weight is 238 g/mol. The van der Waals surface area contributed by atoms with E-state index in [2.05, 4.69) is 0 Å². The van der Waals surface area contributed by atoms with E-state index < -0.39 is 11.2 Å².